The molecule has 1 heterocycles. The fourth-order valence-electron chi connectivity index (χ4n) is 3.00. The highest BCUT2D eigenvalue weighted by Crippen LogP contribution is 2.23. The monoisotopic (exact) mass is 304 g/mol. The molecule has 2 atom stereocenters. The first-order valence-electron chi connectivity index (χ1n) is 8.29. The molecule has 4 heteroatoms. The van der Waals surface area contributed by atoms with Crippen LogP contribution in [0.1, 0.15) is 38.7 Å². The maximum atomic E-state index is 12.7. The Morgan fingerprint density at radius 3 is 2.55 bits per heavy atom. The summed E-state index contributed by atoms with van der Waals surface area (Å²) in [6.07, 6.45) is 2.27. The molecule has 0 spiro atoms. The fourth-order valence-corrected chi connectivity index (χ4v) is 3.00. The van der Waals surface area contributed by atoms with E-state index in [1.807, 2.05) is 43.0 Å². The van der Waals surface area contributed by atoms with Crippen molar-refractivity contribution in [3.05, 3.63) is 29.8 Å². The van der Waals surface area contributed by atoms with E-state index < -0.39 is 6.10 Å². The lowest BCUT2D eigenvalue weighted by Gasteiger charge is -2.35. The zero-order valence-corrected chi connectivity index (χ0v) is 13.9. The van der Waals surface area contributed by atoms with E-state index in [0.29, 0.717) is 12.3 Å². The van der Waals surface area contributed by atoms with Gasteiger partial charge in [0.2, 0.25) is 0 Å². The van der Waals surface area contributed by atoms with Crippen LogP contribution < -0.4 is 10.5 Å². The molecule has 1 fully saturated rings. The van der Waals surface area contributed by atoms with E-state index in [1.54, 1.807) is 0 Å². The number of para-hydroxylation sites is 1. The highest BCUT2D eigenvalue weighted by molar-refractivity contribution is 5.81. The van der Waals surface area contributed by atoms with Crippen molar-refractivity contribution in [2.75, 3.05) is 13.1 Å². The van der Waals surface area contributed by atoms with Gasteiger partial charge in [0.15, 0.2) is 6.10 Å². The second-order valence-corrected chi connectivity index (χ2v) is 6.30. The van der Waals surface area contributed by atoms with Gasteiger partial charge in [-0.05, 0) is 50.7 Å². The Labute approximate surface area is 133 Å². The zero-order chi connectivity index (χ0) is 16.1. The molecule has 4 nitrogen and oxygen atoms in total. The molecule has 1 saturated heterocycles. The van der Waals surface area contributed by atoms with E-state index in [0.717, 1.165) is 37.2 Å². The van der Waals surface area contributed by atoms with Crippen molar-refractivity contribution in [2.24, 2.45) is 11.7 Å². The number of hydrogen-bond donors (Lipinski definition) is 1. The van der Waals surface area contributed by atoms with Crippen LogP contribution in [0.3, 0.4) is 0 Å². The summed E-state index contributed by atoms with van der Waals surface area (Å²) in [6, 6.07) is 8.05. The number of hydrogen-bond acceptors (Lipinski definition) is 3. The highest BCUT2D eigenvalue weighted by Gasteiger charge is 2.29. The average molecular weight is 304 g/mol. The normalized spacial score (nSPS) is 18.8. The summed E-state index contributed by atoms with van der Waals surface area (Å²) in [5.74, 6) is 1.43. The summed E-state index contributed by atoms with van der Waals surface area (Å²) < 4.78 is 5.97. The lowest BCUT2D eigenvalue weighted by Crippen LogP contribution is -2.47. The van der Waals surface area contributed by atoms with Gasteiger partial charge in [0.25, 0.3) is 5.91 Å². The summed E-state index contributed by atoms with van der Waals surface area (Å²) in [5.41, 5.74) is 7.02. The number of benzene rings is 1. The summed E-state index contributed by atoms with van der Waals surface area (Å²) in [7, 11) is 0. The van der Waals surface area contributed by atoms with Gasteiger partial charge in [-0.15, -0.1) is 0 Å². The third-order valence-electron chi connectivity index (χ3n) is 4.60. The van der Waals surface area contributed by atoms with Gasteiger partial charge >= 0.3 is 0 Å². The Morgan fingerprint density at radius 2 is 2.00 bits per heavy atom. The number of likely N-dealkylation sites (tertiary alicyclic amines) is 1. The number of carbonyl (C=O) groups excluding carboxylic acids is 1. The third-order valence-corrected chi connectivity index (χ3v) is 4.60. The van der Waals surface area contributed by atoms with Gasteiger partial charge in [-0.3, -0.25) is 4.79 Å². The molecule has 0 bridgehead atoms. The van der Waals surface area contributed by atoms with E-state index >= 15 is 0 Å². The van der Waals surface area contributed by atoms with Gasteiger partial charge in [0.1, 0.15) is 5.75 Å². The molecule has 122 valence electrons. The molecule has 0 aliphatic carbocycles. The first kappa shape index (κ1) is 16.8. The van der Waals surface area contributed by atoms with Crippen LogP contribution in [0.4, 0.5) is 0 Å². The van der Waals surface area contributed by atoms with E-state index in [2.05, 4.69) is 6.92 Å². The van der Waals surface area contributed by atoms with Crippen molar-refractivity contribution in [1.82, 2.24) is 4.90 Å². The Hall–Kier alpha value is -1.55. The standard InChI is InChI=1S/C18H28N2O2/c1-4-16(22-17-8-6-5-7-13(17)2)18(21)20-11-9-15(10-12-20)14(3)19/h5-8,14-16H,4,9-12,19H2,1-3H3. The molecule has 1 aromatic rings. The van der Waals surface area contributed by atoms with E-state index in [9.17, 15) is 4.79 Å². The SMILES string of the molecule is CCC(Oc1ccccc1C)C(=O)N1CCC(C(C)N)CC1. The molecule has 2 unspecified atom stereocenters. The van der Waals surface area contributed by atoms with E-state index in [1.165, 1.54) is 0 Å². The summed E-state index contributed by atoms with van der Waals surface area (Å²) in [6.45, 7) is 7.63. The van der Waals surface area contributed by atoms with Crippen LogP contribution >= 0.6 is 0 Å². The predicted octanol–water partition coefficient (Wildman–Crippen LogP) is 2.74. The van der Waals surface area contributed by atoms with Crippen molar-refractivity contribution in [3.63, 3.8) is 0 Å². The first-order chi connectivity index (χ1) is 10.5. The molecule has 0 radical (unpaired) electrons. The number of nitrogens with zero attached hydrogens (tertiary/aromatic N) is 1. The first-order valence-corrected chi connectivity index (χ1v) is 8.29. The minimum absolute atomic E-state index is 0.105. The van der Waals surface area contributed by atoms with Crippen LogP contribution in [0.2, 0.25) is 0 Å². The summed E-state index contributed by atoms with van der Waals surface area (Å²) in [5, 5.41) is 0. The predicted molar refractivity (Wildman–Crippen MR) is 88.8 cm³/mol. The molecule has 1 aliphatic rings. The number of ether oxygens (including phenoxy) is 1. The lowest BCUT2D eigenvalue weighted by molar-refractivity contribution is -0.140. The highest BCUT2D eigenvalue weighted by atomic mass is 16.5. The van der Waals surface area contributed by atoms with Gasteiger partial charge in [-0.25, -0.2) is 0 Å². The van der Waals surface area contributed by atoms with Gasteiger partial charge in [-0.1, -0.05) is 25.1 Å². The van der Waals surface area contributed by atoms with Crippen molar-refractivity contribution in [2.45, 2.75) is 52.2 Å². The summed E-state index contributed by atoms with van der Waals surface area (Å²) in [4.78, 5) is 14.6. The molecular weight excluding hydrogens is 276 g/mol. The van der Waals surface area contributed by atoms with Gasteiger partial charge < -0.3 is 15.4 Å². The van der Waals surface area contributed by atoms with Crippen LogP contribution in [0.15, 0.2) is 24.3 Å². The van der Waals surface area contributed by atoms with Crippen molar-refractivity contribution >= 4 is 5.91 Å². The van der Waals surface area contributed by atoms with Crippen LogP contribution in [0, 0.1) is 12.8 Å². The molecule has 2 N–H and O–H groups in total. The third kappa shape index (κ3) is 4.01. The maximum absolute atomic E-state index is 12.7. The fraction of sp³-hybridized carbons (Fsp3) is 0.611. The van der Waals surface area contributed by atoms with Crippen LogP contribution in [-0.2, 0) is 4.79 Å². The molecule has 0 saturated carbocycles. The minimum Gasteiger partial charge on any atom is -0.480 e. The van der Waals surface area contributed by atoms with E-state index in [-0.39, 0.29) is 11.9 Å². The average Bonchev–Trinajstić information content (AvgIpc) is 2.53. The second-order valence-electron chi connectivity index (χ2n) is 6.30. The molecule has 0 aromatic heterocycles. The Morgan fingerprint density at radius 1 is 1.36 bits per heavy atom. The van der Waals surface area contributed by atoms with E-state index in [4.69, 9.17) is 10.5 Å². The van der Waals surface area contributed by atoms with Gasteiger partial charge in [-0.2, -0.15) is 0 Å². The van der Waals surface area contributed by atoms with Crippen molar-refractivity contribution in [3.8, 4) is 5.75 Å². The number of carbonyl (C=O) groups is 1. The van der Waals surface area contributed by atoms with Crippen LogP contribution in [0.25, 0.3) is 0 Å². The van der Waals surface area contributed by atoms with Crippen LogP contribution in [-0.4, -0.2) is 36.0 Å². The zero-order valence-electron chi connectivity index (χ0n) is 13.9. The maximum Gasteiger partial charge on any atom is 0.263 e. The minimum atomic E-state index is -0.395. The second kappa shape index (κ2) is 7.63. The summed E-state index contributed by atoms with van der Waals surface area (Å²) >= 11 is 0. The smallest absolute Gasteiger partial charge is 0.263 e. The quantitative estimate of drug-likeness (QED) is 0.910. The molecule has 1 aliphatic heterocycles. The number of amides is 1. The molecule has 1 aromatic carbocycles. The number of rotatable bonds is 5. The Balaban J connectivity index is 1.97. The number of nitrogens with two attached hydrogens (primary N) is 1. The Kier molecular flexibility index (Phi) is 5.83. The van der Waals surface area contributed by atoms with Crippen molar-refractivity contribution in [1.29, 1.82) is 0 Å². The van der Waals surface area contributed by atoms with Crippen molar-refractivity contribution < 1.29 is 9.53 Å². The largest absolute Gasteiger partial charge is 0.480 e. The Bertz CT molecular complexity index is 494. The molecule has 1 amide bonds. The number of piperidine rings is 1. The molecular formula is C18H28N2O2. The molecule has 2 rings (SSSR count). The van der Waals surface area contributed by atoms with Gasteiger partial charge in [0.05, 0.1) is 0 Å². The van der Waals surface area contributed by atoms with Crippen LogP contribution in [0.5, 0.6) is 5.75 Å². The van der Waals surface area contributed by atoms with Gasteiger partial charge in [0, 0.05) is 19.1 Å². The number of aryl methyl sites for hydroxylation is 1. The lowest BCUT2D eigenvalue weighted by atomic mass is 9.90. The topological polar surface area (TPSA) is 55.6 Å². The molecule has 22 heavy (non-hydrogen) atoms.